The number of ether oxygens (including phenoxy) is 2. The van der Waals surface area contributed by atoms with E-state index in [1.807, 2.05) is 17.9 Å². The van der Waals surface area contributed by atoms with Gasteiger partial charge in [0.25, 0.3) is 0 Å². The highest BCUT2D eigenvalue weighted by Crippen LogP contribution is 2.41. The second-order valence-electron chi connectivity index (χ2n) is 4.86. The maximum absolute atomic E-state index is 6.19. The molecule has 1 unspecified atom stereocenters. The first-order chi connectivity index (χ1) is 8.25. The fraction of sp³-hybridized carbons (Fsp3) is 0.750. The Kier molecular flexibility index (Phi) is 2.69. The Morgan fingerprint density at radius 3 is 3.00 bits per heavy atom. The van der Waals surface area contributed by atoms with E-state index in [9.17, 15) is 0 Å². The minimum absolute atomic E-state index is 0.143. The van der Waals surface area contributed by atoms with Crippen molar-refractivity contribution in [1.29, 1.82) is 0 Å². The number of methoxy groups -OCH3 is 1. The van der Waals surface area contributed by atoms with Gasteiger partial charge in [0.2, 0.25) is 0 Å². The Morgan fingerprint density at radius 2 is 2.29 bits per heavy atom. The molecule has 2 aliphatic heterocycles. The van der Waals surface area contributed by atoms with Crippen LogP contribution >= 0.6 is 0 Å². The highest BCUT2D eigenvalue weighted by Gasteiger charge is 2.44. The zero-order valence-electron chi connectivity index (χ0n) is 10.4. The average molecular weight is 237 g/mol. The SMILES string of the molecule is COC1Cc2c(cnn2C)C2(CCNCC2)O1. The highest BCUT2D eigenvalue weighted by molar-refractivity contribution is 5.29. The van der Waals surface area contributed by atoms with Crippen molar-refractivity contribution in [3.63, 3.8) is 0 Å². The molecular weight excluding hydrogens is 218 g/mol. The quantitative estimate of drug-likeness (QED) is 0.774. The largest absolute Gasteiger partial charge is 0.355 e. The van der Waals surface area contributed by atoms with Crippen LogP contribution in [0.3, 0.4) is 0 Å². The summed E-state index contributed by atoms with van der Waals surface area (Å²) in [5, 5.41) is 7.76. The van der Waals surface area contributed by atoms with E-state index in [4.69, 9.17) is 9.47 Å². The minimum Gasteiger partial charge on any atom is -0.355 e. The van der Waals surface area contributed by atoms with Crippen LogP contribution in [0.25, 0.3) is 0 Å². The van der Waals surface area contributed by atoms with Crippen LogP contribution in [0.2, 0.25) is 0 Å². The molecule has 1 spiro atoms. The van der Waals surface area contributed by atoms with Gasteiger partial charge in [-0.3, -0.25) is 4.68 Å². The van der Waals surface area contributed by atoms with Crippen LogP contribution in [-0.4, -0.2) is 36.3 Å². The number of nitrogens with zero attached hydrogens (tertiary/aromatic N) is 2. The Bertz CT molecular complexity index is 410. The van der Waals surface area contributed by atoms with Gasteiger partial charge in [-0.2, -0.15) is 5.10 Å². The maximum Gasteiger partial charge on any atom is 0.163 e. The van der Waals surface area contributed by atoms with Gasteiger partial charge in [0.15, 0.2) is 6.29 Å². The zero-order valence-corrected chi connectivity index (χ0v) is 10.4. The molecule has 5 heteroatoms. The van der Waals surface area contributed by atoms with E-state index < -0.39 is 0 Å². The molecule has 1 atom stereocenters. The number of aryl methyl sites for hydroxylation is 1. The van der Waals surface area contributed by atoms with Crippen LogP contribution in [0.15, 0.2) is 6.20 Å². The molecule has 0 aliphatic carbocycles. The van der Waals surface area contributed by atoms with Gasteiger partial charge in [0, 0.05) is 31.8 Å². The van der Waals surface area contributed by atoms with Gasteiger partial charge in [-0.15, -0.1) is 0 Å². The van der Waals surface area contributed by atoms with Gasteiger partial charge < -0.3 is 14.8 Å². The molecule has 94 valence electrons. The summed E-state index contributed by atoms with van der Waals surface area (Å²) in [7, 11) is 3.70. The molecule has 0 amide bonds. The van der Waals surface area contributed by atoms with Crippen LogP contribution in [0, 0.1) is 0 Å². The fourth-order valence-electron chi connectivity index (χ4n) is 2.95. The van der Waals surface area contributed by atoms with E-state index in [1.165, 1.54) is 11.3 Å². The topological polar surface area (TPSA) is 48.3 Å². The molecule has 0 radical (unpaired) electrons. The lowest BCUT2D eigenvalue weighted by Crippen LogP contribution is -2.47. The van der Waals surface area contributed by atoms with Crippen molar-refractivity contribution in [3.8, 4) is 0 Å². The average Bonchev–Trinajstić information content (AvgIpc) is 2.73. The molecule has 0 bridgehead atoms. The molecule has 1 fully saturated rings. The molecule has 3 heterocycles. The third kappa shape index (κ3) is 1.69. The van der Waals surface area contributed by atoms with E-state index in [-0.39, 0.29) is 11.9 Å². The predicted molar refractivity (Wildman–Crippen MR) is 62.6 cm³/mol. The van der Waals surface area contributed by atoms with Crippen molar-refractivity contribution in [2.75, 3.05) is 20.2 Å². The lowest BCUT2D eigenvalue weighted by atomic mass is 9.82. The van der Waals surface area contributed by atoms with Crippen molar-refractivity contribution in [2.45, 2.75) is 31.2 Å². The van der Waals surface area contributed by atoms with Gasteiger partial charge >= 0.3 is 0 Å². The normalized spacial score (nSPS) is 27.1. The summed E-state index contributed by atoms with van der Waals surface area (Å²) in [5.41, 5.74) is 2.33. The first-order valence-corrected chi connectivity index (χ1v) is 6.18. The molecule has 17 heavy (non-hydrogen) atoms. The molecule has 1 aromatic heterocycles. The lowest BCUT2D eigenvalue weighted by molar-refractivity contribution is -0.222. The van der Waals surface area contributed by atoms with Crippen molar-refractivity contribution >= 4 is 0 Å². The van der Waals surface area contributed by atoms with Crippen LogP contribution in [0.1, 0.15) is 24.1 Å². The minimum atomic E-state index is -0.187. The predicted octanol–water partition coefficient (Wildman–Crippen LogP) is 0.544. The van der Waals surface area contributed by atoms with Crippen LogP contribution in [0.4, 0.5) is 0 Å². The summed E-state index contributed by atoms with van der Waals surface area (Å²) in [4.78, 5) is 0. The van der Waals surface area contributed by atoms with Crippen LogP contribution < -0.4 is 5.32 Å². The van der Waals surface area contributed by atoms with Gasteiger partial charge in [-0.05, 0) is 25.9 Å². The smallest absolute Gasteiger partial charge is 0.163 e. The molecule has 0 aromatic carbocycles. The molecule has 1 saturated heterocycles. The molecule has 3 rings (SSSR count). The molecule has 1 aromatic rings. The van der Waals surface area contributed by atoms with Crippen LogP contribution in [-0.2, 0) is 28.5 Å². The number of fused-ring (bicyclic) bond motifs is 2. The number of hydrogen-bond acceptors (Lipinski definition) is 4. The maximum atomic E-state index is 6.19. The summed E-state index contributed by atoms with van der Waals surface area (Å²) in [6.45, 7) is 1.98. The van der Waals surface area contributed by atoms with Gasteiger partial charge in [-0.1, -0.05) is 0 Å². The second-order valence-corrected chi connectivity index (χ2v) is 4.86. The van der Waals surface area contributed by atoms with E-state index in [0.717, 1.165) is 32.4 Å². The summed E-state index contributed by atoms with van der Waals surface area (Å²) in [6, 6.07) is 0. The molecule has 0 saturated carbocycles. The van der Waals surface area contributed by atoms with Crippen molar-refractivity contribution in [2.24, 2.45) is 7.05 Å². The molecule has 5 nitrogen and oxygen atoms in total. The van der Waals surface area contributed by atoms with Crippen molar-refractivity contribution < 1.29 is 9.47 Å². The molecular formula is C12H19N3O2. The van der Waals surface area contributed by atoms with Gasteiger partial charge in [0.05, 0.1) is 6.20 Å². The van der Waals surface area contributed by atoms with Crippen molar-refractivity contribution in [1.82, 2.24) is 15.1 Å². The van der Waals surface area contributed by atoms with Crippen molar-refractivity contribution in [3.05, 3.63) is 17.5 Å². The number of nitrogens with one attached hydrogen (secondary N) is 1. The van der Waals surface area contributed by atoms with E-state index in [2.05, 4.69) is 10.4 Å². The van der Waals surface area contributed by atoms with Crippen LogP contribution in [0.5, 0.6) is 0 Å². The zero-order chi connectivity index (χ0) is 11.9. The van der Waals surface area contributed by atoms with E-state index >= 15 is 0 Å². The summed E-state index contributed by atoms with van der Waals surface area (Å²) in [5.74, 6) is 0. The number of rotatable bonds is 1. The molecule has 2 aliphatic rings. The highest BCUT2D eigenvalue weighted by atomic mass is 16.7. The Morgan fingerprint density at radius 1 is 1.53 bits per heavy atom. The Hall–Kier alpha value is -0.910. The van der Waals surface area contributed by atoms with E-state index in [1.54, 1.807) is 7.11 Å². The Balaban J connectivity index is 2.02. The molecule has 1 N–H and O–H groups in total. The number of piperidine rings is 1. The van der Waals surface area contributed by atoms with Gasteiger partial charge in [-0.25, -0.2) is 0 Å². The third-order valence-corrected chi connectivity index (χ3v) is 3.94. The first kappa shape index (κ1) is 11.2. The summed E-state index contributed by atoms with van der Waals surface area (Å²) >= 11 is 0. The van der Waals surface area contributed by atoms with Gasteiger partial charge in [0.1, 0.15) is 5.60 Å². The second kappa shape index (κ2) is 4.08. The number of hydrogen-bond donors (Lipinski definition) is 1. The Labute approximate surface area is 101 Å². The third-order valence-electron chi connectivity index (χ3n) is 3.94. The first-order valence-electron chi connectivity index (χ1n) is 6.18. The summed E-state index contributed by atoms with van der Waals surface area (Å²) in [6.07, 6.45) is 4.59. The summed E-state index contributed by atoms with van der Waals surface area (Å²) < 4.78 is 13.6. The fourth-order valence-corrected chi connectivity index (χ4v) is 2.95. The standard InChI is InChI=1S/C12H19N3O2/c1-15-10-7-11(16-2)17-12(9(10)8-14-15)3-5-13-6-4-12/h8,11,13H,3-7H2,1-2H3. The number of aromatic nitrogens is 2. The lowest BCUT2D eigenvalue weighted by Gasteiger charge is -2.43. The van der Waals surface area contributed by atoms with E-state index in [0.29, 0.717) is 0 Å². The monoisotopic (exact) mass is 237 g/mol.